The van der Waals surface area contributed by atoms with E-state index in [0.717, 1.165) is 10.9 Å². The number of aliphatic carboxylic acids is 1. The Morgan fingerprint density at radius 1 is 0.895 bits per heavy atom. The molecule has 1 aliphatic heterocycles. The second-order valence-corrected chi connectivity index (χ2v) is 14.1. The minimum atomic E-state index is -1.70. The zero-order chi connectivity index (χ0) is 42.1. The first kappa shape index (κ1) is 45.9. The van der Waals surface area contributed by atoms with E-state index < -0.39 is 90.5 Å². The second-order valence-electron chi connectivity index (χ2n) is 13.3. The van der Waals surface area contributed by atoms with Crippen molar-refractivity contribution in [3.63, 3.8) is 0 Å². The molecule has 7 amide bonds. The Bertz CT molecular complexity index is 1800. The van der Waals surface area contributed by atoms with Gasteiger partial charge in [0.05, 0.1) is 13.0 Å². The molecule has 1 saturated heterocycles. The number of H-pyrrole nitrogens is 1. The van der Waals surface area contributed by atoms with Crippen molar-refractivity contribution in [1.29, 1.82) is 0 Å². The van der Waals surface area contributed by atoms with Gasteiger partial charge in [0, 0.05) is 48.8 Å². The minimum absolute atomic E-state index is 0.0363. The van der Waals surface area contributed by atoms with Gasteiger partial charge in [0.1, 0.15) is 30.2 Å². The van der Waals surface area contributed by atoms with Crippen LogP contribution >= 0.6 is 25.3 Å². The third-order valence-electron chi connectivity index (χ3n) is 9.03. The number of likely N-dealkylation sites (tertiary alicyclic amines) is 1. The maximum Gasteiger partial charge on any atom is 0.305 e. The Hall–Kier alpha value is -5.51. The number of carboxylic acids is 1. The molecule has 5 atom stereocenters. The molecule has 3 rings (SSSR count). The highest BCUT2D eigenvalue weighted by Crippen LogP contribution is 2.23. The summed E-state index contributed by atoms with van der Waals surface area (Å²) < 4.78 is 0. The topological polar surface area (TPSA) is 326 Å². The third kappa shape index (κ3) is 14.5. The summed E-state index contributed by atoms with van der Waals surface area (Å²) in [5, 5.41) is 22.8. The lowest BCUT2D eigenvalue weighted by molar-refractivity contribution is -0.143. The number of unbranched alkanes of at least 4 members (excludes halogenated alkanes) is 1. The molecule has 0 aliphatic carbocycles. The van der Waals surface area contributed by atoms with Crippen LogP contribution in [0.4, 0.5) is 0 Å². The number of thiol groups is 2. The summed E-state index contributed by atoms with van der Waals surface area (Å²) in [5.41, 5.74) is 17.4. The van der Waals surface area contributed by atoms with Crippen LogP contribution in [0.3, 0.4) is 0 Å². The zero-order valence-electron chi connectivity index (χ0n) is 31.2. The van der Waals surface area contributed by atoms with Crippen LogP contribution in [0, 0.1) is 0 Å². The molecule has 0 spiro atoms. The van der Waals surface area contributed by atoms with Crippen LogP contribution in [-0.4, -0.2) is 130 Å². The van der Waals surface area contributed by atoms with Crippen LogP contribution in [0.15, 0.2) is 35.5 Å². The van der Waals surface area contributed by atoms with E-state index in [9.17, 15) is 43.5 Å². The van der Waals surface area contributed by atoms with Crippen LogP contribution in [0.2, 0.25) is 0 Å². The van der Waals surface area contributed by atoms with Crippen LogP contribution in [0.5, 0.6) is 0 Å². The number of nitrogens with two attached hydrogens (primary N) is 3. The number of rotatable bonds is 23. The number of primary amides is 1. The van der Waals surface area contributed by atoms with Gasteiger partial charge in [-0.15, -0.1) is 0 Å². The largest absolute Gasteiger partial charge is 0.481 e. The molecule has 1 aliphatic rings. The lowest BCUT2D eigenvalue weighted by Crippen LogP contribution is -2.59. The number of aliphatic imine (C=N–C) groups is 1. The Morgan fingerprint density at radius 3 is 2.28 bits per heavy atom. The van der Waals surface area contributed by atoms with E-state index in [1.54, 1.807) is 12.3 Å². The van der Waals surface area contributed by atoms with E-state index in [1.165, 1.54) is 4.90 Å². The SMILES string of the molecule is NC(=O)C(CS)NC(=O)C1CCCN1C(=O)C(Cc1c[nH]c2ccccc12)NC(=O)C(CC(=O)O)NC(=O)CNC(=O)C(CCCCN=C(N)N)NC(=O)CCS. The molecule has 0 saturated carbocycles. The molecule has 312 valence electrons. The lowest BCUT2D eigenvalue weighted by atomic mass is 10.0. The first-order chi connectivity index (χ1) is 27.1. The minimum Gasteiger partial charge on any atom is -0.481 e. The molecule has 0 bridgehead atoms. The zero-order valence-corrected chi connectivity index (χ0v) is 33.0. The molecule has 1 fully saturated rings. The summed E-state index contributed by atoms with van der Waals surface area (Å²) in [6.07, 6.45) is 2.53. The number of carbonyl (C=O) groups excluding carboxylic acids is 7. The Kier molecular flexibility index (Phi) is 18.4. The van der Waals surface area contributed by atoms with Gasteiger partial charge in [-0.3, -0.25) is 43.3 Å². The fraction of sp³-hybridized carbons (Fsp3) is 0.514. The molecule has 1 aromatic carbocycles. The molecule has 20 nitrogen and oxygen atoms in total. The van der Waals surface area contributed by atoms with Crippen molar-refractivity contribution in [3.8, 4) is 0 Å². The van der Waals surface area contributed by atoms with Gasteiger partial charge in [0.25, 0.3) is 0 Å². The number of amides is 7. The summed E-state index contributed by atoms with van der Waals surface area (Å²) in [6, 6.07) is 1.05. The number of nitrogens with one attached hydrogen (secondary N) is 6. The summed E-state index contributed by atoms with van der Waals surface area (Å²) in [4.78, 5) is 112. The molecule has 22 heteroatoms. The number of benzene rings is 1. The highest BCUT2D eigenvalue weighted by molar-refractivity contribution is 7.80. The van der Waals surface area contributed by atoms with Gasteiger partial charge < -0.3 is 58.8 Å². The smallest absolute Gasteiger partial charge is 0.305 e. The average Bonchev–Trinajstić information content (AvgIpc) is 3.82. The highest BCUT2D eigenvalue weighted by Gasteiger charge is 2.39. The number of para-hydroxylation sites is 1. The van der Waals surface area contributed by atoms with Gasteiger partial charge in [0.15, 0.2) is 5.96 Å². The van der Waals surface area contributed by atoms with Gasteiger partial charge in [-0.05, 0) is 49.5 Å². The summed E-state index contributed by atoms with van der Waals surface area (Å²) in [7, 11) is 0. The standard InChI is InChI=1S/C35H51N11O9S2/c36-30(51)25(18-57)45-33(54)26-9-5-12-46(26)34(55)24(14-19-16-40-21-7-2-1-6-20(19)21)44-32(53)23(15-29(49)50)43-28(48)17-41-31(52)22(42-27(47)10-13-56)8-3-4-11-39-35(37)38/h1-2,6-7,16,22-26,40,56-57H,3-5,8-15,17-18H2,(H2,36,51)(H,41,52)(H,42,47)(H,43,48)(H,44,53)(H,45,54)(H,49,50)(H4,37,38,39). The van der Waals surface area contributed by atoms with Crippen LogP contribution in [0.25, 0.3) is 10.9 Å². The summed E-state index contributed by atoms with van der Waals surface area (Å²) in [6.45, 7) is -0.247. The van der Waals surface area contributed by atoms with E-state index >= 15 is 0 Å². The number of guanidine groups is 1. The highest BCUT2D eigenvalue weighted by atomic mass is 32.1. The number of carboxylic acid groups (broad SMARTS) is 1. The van der Waals surface area contributed by atoms with Crippen molar-refractivity contribution in [2.75, 3.05) is 31.1 Å². The molecule has 13 N–H and O–H groups in total. The number of aromatic amines is 1. The molecular formula is C35H51N11O9S2. The maximum atomic E-state index is 14.2. The van der Waals surface area contributed by atoms with E-state index in [2.05, 4.69) is 61.8 Å². The number of hydrogen-bond donors (Lipinski definition) is 12. The molecule has 57 heavy (non-hydrogen) atoms. The van der Waals surface area contributed by atoms with Gasteiger partial charge in [-0.2, -0.15) is 25.3 Å². The predicted molar refractivity (Wildman–Crippen MR) is 216 cm³/mol. The van der Waals surface area contributed by atoms with Crippen LogP contribution in [-0.2, 0) is 44.8 Å². The van der Waals surface area contributed by atoms with Gasteiger partial charge >= 0.3 is 5.97 Å². The Labute approximate surface area is 339 Å². The second kappa shape index (κ2) is 22.9. The van der Waals surface area contributed by atoms with Crippen LogP contribution < -0.4 is 43.8 Å². The van der Waals surface area contributed by atoms with Gasteiger partial charge in [-0.1, -0.05) is 18.2 Å². The van der Waals surface area contributed by atoms with Crippen molar-refractivity contribution < 1.29 is 43.5 Å². The van der Waals surface area contributed by atoms with Gasteiger partial charge in [-0.25, -0.2) is 0 Å². The average molecular weight is 834 g/mol. The van der Waals surface area contributed by atoms with E-state index in [-0.39, 0.29) is 49.7 Å². The summed E-state index contributed by atoms with van der Waals surface area (Å²) >= 11 is 8.09. The Balaban J connectivity index is 1.78. The van der Waals surface area contributed by atoms with Crippen LogP contribution in [0.1, 0.15) is 50.5 Å². The summed E-state index contributed by atoms with van der Waals surface area (Å²) in [5.74, 6) is -6.58. The molecule has 2 aromatic rings. The molecule has 1 aromatic heterocycles. The van der Waals surface area contributed by atoms with Crippen molar-refractivity contribution in [2.45, 2.75) is 81.6 Å². The molecule has 5 unspecified atom stereocenters. The quantitative estimate of drug-likeness (QED) is 0.0239. The van der Waals surface area contributed by atoms with E-state index in [1.807, 2.05) is 18.2 Å². The first-order valence-electron chi connectivity index (χ1n) is 18.3. The monoisotopic (exact) mass is 833 g/mol. The normalized spacial score (nSPS) is 15.7. The van der Waals surface area contributed by atoms with Crippen molar-refractivity contribution in [2.24, 2.45) is 22.2 Å². The molecule has 2 heterocycles. The lowest BCUT2D eigenvalue weighted by Gasteiger charge is -2.30. The first-order valence-corrected chi connectivity index (χ1v) is 19.5. The number of nitrogens with zero attached hydrogens (tertiary/aromatic N) is 2. The fourth-order valence-electron chi connectivity index (χ4n) is 6.20. The molecular weight excluding hydrogens is 783 g/mol. The maximum absolute atomic E-state index is 14.2. The number of fused-ring (bicyclic) bond motifs is 1. The van der Waals surface area contributed by atoms with Gasteiger partial charge in [0.2, 0.25) is 41.4 Å². The number of carbonyl (C=O) groups is 8. The fourth-order valence-corrected chi connectivity index (χ4v) is 6.67. The van der Waals surface area contributed by atoms with E-state index in [0.29, 0.717) is 31.4 Å². The van der Waals surface area contributed by atoms with E-state index in [4.69, 9.17) is 17.2 Å². The molecule has 0 radical (unpaired) electrons. The third-order valence-corrected chi connectivity index (χ3v) is 9.62. The van der Waals surface area contributed by atoms with Crippen molar-refractivity contribution in [3.05, 3.63) is 36.0 Å². The number of hydrogen-bond acceptors (Lipinski definition) is 11. The predicted octanol–water partition coefficient (Wildman–Crippen LogP) is -2.59. The van der Waals surface area contributed by atoms with Crippen molar-refractivity contribution >= 4 is 89.4 Å². The Morgan fingerprint density at radius 2 is 1.61 bits per heavy atom. The number of aromatic nitrogens is 1. The van der Waals surface area contributed by atoms with Crippen molar-refractivity contribution in [1.82, 2.24) is 36.5 Å².